The van der Waals surface area contributed by atoms with Gasteiger partial charge >= 0.3 is 250 Å². The van der Waals surface area contributed by atoms with Gasteiger partial charge in [0.15, 0.2) is 0 Å². The summed E-state index contributed by atoms with van der Waals surface area (Å²) < 4.78 is 3.90. The largest absolute Gasteiger partial charge is 1.00 e. The molecule has 0 spiro atoms. The zero-order chi connectivity index (χ0) is 28.5. The fraction of sp³-hybridized carbons (Fsp3) is 0.308. The van der Waals surface area contributed by atoms with E-state index in [1.165, 1.54) is 55.3 Å². The molecule has 4 aromatic rings. The quantitative estimate of drug-likeness (QED) is 0.301. The molecule has 3 heteroatoms. The Hall–Kier alpha value is -2.05. The van der Waals surface area contributed by atoms with Crippen LogP contribution in [0, 0.1) is 39.0 Å². The second kappa shape index (κ2) is 12.2. The van der Waals surface area contributed by atoms with Crippen LogP contribution in [0.1, 0.15) is 77.2 Å². The summed E-state index contributed by atoms with van der Waals surface area (Å²) in [7, 11) is 0. The minimum atomic E-state index is -2.56. The van der Waals surface area contributed by atoms with Crippen LogP contribution in [0.15, 0.2) is 87.7 Å². The van der Waals surface area contributed by atoms with Crippen LogP contribution in [0.2, 0.25) is 0 Å². The average Bonchev–Trinajstić information content (AvgIpc) is 3.43. The third kappa shape index (κ3) is 5.63. The average molecular weight is 673 g/mol. The Morgan fingerprint density at radius 1 is 0.690 bits per heavy atom. The van der Waals surface area contributed by atoms with Crippen LogP contribution in [-0.2, 0) is 21.3 Å². The van der Waals surface area contributed by atoms with Gasteiger partial charge in [-0.2, -0.15) is 0 Å². The molecule has 0 saturated carbocycles. The zero-order valence-corrected chi connectivity index (χ0v) is 30.4. The predicted octanol–water partition coefficient (Wildman–Crippen LogP) is 4.52. The molecule has 6 rings (SSSR count). The summed E-state index contributed by atoms with van der Waals surface area (Å²) in [4.78, 5) is 0. The first-order valence-electron chi connectivity index (χ1n) is 14.8. The summed E-state index contributed by atoms with van der Waals surface area (Å²) in [5.41, 5.74) is 14.8. The molecule has 0 nitrogen and oxygen atoms in total. The molecule has 0 N–H and O–H groups in total. The normalized spacial score (nSPS) is 16.2. The first-order chi connectivity index (χ1) is 18.9. The second-order valence-electron chi connectivity index (χ2n) is 13.3. The van der Waals surface area contributed by atoms with Gasteiger partial charge in [0.2, 0.25) is 0 Å². The first-order valence-corrected chi connectivity index (χ1v) is 18.7. The maximum absolute atomic E-state index is 2.64. The molecule has 0 radical (unpaired) electrons. The summed E-state index contributed by atoms with van der Waals surface area (Å²) in [5, 5.41) is 2.66. The van der Waals surface area contributed by atoms with Crippen molar-refractivity contribution in [2.24, 2.45) is 11.3 Å². The van der Waals surface area contributed by atoms with Crippen molar-refractivity contribution in [3.8, 4) is 11.1 Å². The smallest absolute Gasteiger partial charge is 1.00 e. The number of hydrogen-bond acceptors (Lipinski definition) is 0. The molecule has 216 valence electrons. The van der Waals surface area contributed by atoms with E-state index in [4.69, 9.17) is 0 Å². The molecule has 1 unspecified atom stereocenters. The Morgan fingerprint density at radius 3 is 1.74 bits per heavy atom. The first kappa shape index (κ1) is 32.9. The van der Waals surface area contributed by atoms with Crippen molar-refractivity contribution in [2.45, 2.75) is 65.9 Å². The van der Waals surface area contributed by atoms with Gasteiger partial charge in [0.25, 0.3) is 0 Å². The molecule has 0 aromatic heterocycles. The third-order valence-corrected chi connectivity index (χ3v) is 18.2. The molecule has 1 atom stereocenters. The van der Waals surface area contributed by atoms with Gasteiger partial charge in [-0.15, -0.1) is 0 Å². The van der Waals surface area contributed by atoms with Crippen molar-refractivity contribution in [3.63, 3.8) is 0 Å². The molecule has 0 heterocycles. The van der Waals surface area contributed by atoms with Crippen LogP contribution >= 0.6 is 0 Å². The fourth-order valence-corrected chi connectivity index (χ4v) is 15.7. The van der Waals surface area contributed by atoms with E-state index in [1.54, 1.807) is 17.6 Å². The molecule has 2 aliphatic carbocycles. The van der Waals surface area contributed by atoms with Gasteiger partial charge in [-0.25, -0.2) is 0 Å². The van der Waals surface area contributed by atoms with Crippen molar-refractivity contribution in [2.75, 3.05) is 0 Å². The summed E-state index contributed by atoms with van der Waals surface area (Å²) in [6.07, 6.45) is 5.21. The molecule has 0 aliphatic heterocycles. The fourth-order valence-electron chi connectivity index (χ4n) is 6.77. The number of benzene rings is 4. The van der Waals surface area contributed by atoms with Gasteiger partial charge in [-0.3, -0.25) is 0 Å². The third-order valence-electron chi connectivity index (χ3n) is 9.53. The van der Waals surface area contributed by atoms with Crippen LogP contribution in [0.3, 0.4) is 0 Å². The number of hydrogen-bond donors (Lipinski definition) is 0. The monoisotopic (exact) mass is 670 g/mol. The van der Waals surface area contributed by atoms with Crippen LogP contribution in [-0.4, -0.2) is 3.21 Å². The van der Waals surface area contributed by atoms with E-state index in [2.05, 4.69) is 141 Å². The minimum Gasteiger partial charge on any atom is -1.00 e. The van der Waals surface area contributed by atoms with E-state index < -0.39 is 21.3 Å². The van der Waals surface area contributed by atoms with E-state index in [1.807, 2.05) is 0 Å². The summed E-state index contributed by atoms with van der Waals surface area (Å²) in [6.45, 7) is 21.2. The number of halogens is 2. The Labute approximate surface area is 273 Å². The van der Waals surface area contributed by atoms with E-state index in [-0.39, 0.29) is 30.2 Å². The van der Waals surface area contributed by atoms with E-state index >= 15 is 0 Å². The minimum absolute atomic E-state index is 0. The van der Waals surface area contributed by atoms with Gasteiger partial charge in [-0.05, 0) is 0 Å². The Bertz CT molecular complexity index is 1740. The Morgan fingerprint density at radius 2 is 1.21 bits per heavy atom. The van der Waals surface area contributed by atoms with Crippen molar-refractivity contribution in [1.29, 1.82) is 0 Å². The molecular formula is C39H42Cl2Zr. The molecule has 0 fully saturated rings. The molecule has 42 heavy (non-hydrogen) atoms. The Balaban J connectivity index is 0.00000202. The van der Waals surface area contributed by atoms with Gasteiger partial charge in [-0.1, -0.05) is 0 Å². The van der Waals surface area contributed by atoms with Gasteiger partial charge in [0, 0.05) is 0 Å². The summed E-state index contributed by atoms with van der Waals surface area (Å²) >= 11 is -2.56. The molecule has 0 amide bonds. The summed E-state index contributed by atoms with van der Waals surface area (Å²) in [5.74, 6) is 0.490. The van der Waals surface area contributed by atoms with Gasteiger partial charge < -0.3 is 24.8 Å². The van der Waals surface area contributed by atoms with Crippen molar-refractivity contribution >= 4 is 14.0 Å². The molecule has 2 aliphatic rings. The van der Waals surface area contributed by atoms with Crippen molar-refractivity contribution in [1.82, 2.24) is 0 Å². The number of aryl methyl sites for hydroxylation is 4. The van der Waals surface area contributed by atoms with E-state index in [9.17, 15) is 0 Å². The molecule has 0 saturated heterocycles. The molecule has 4 aromatic carbocycles. The van der Waals surface area contributed by atoms with Crippen LogP contribution in [0.5, 0.6) is 0 Å². The predicted molar refractivity (Wildman–Crippen MR) is 171 cm³/mol. The number of rotatable bonds is 3. The SMILES string of the molecule is C/[C](c1ccc2ccccc2c1)=[Zr+2](/[C]1=CC(C(C)(C)C)=CC1C)[CH]1c2cc(C)c(C)cc2-c2cc(C)c(C)cc21.[Cl-].[Cl-]. The molecule has 0 bridgehead atoms. The van der Waals surface area contributed by atoms with Crippen molar-refractivity contribution in [3.05, 3.63) is 127 Å². The Kier molecular flexibility index (Phi) is 9.51. The van der Waals surface area contributed by atoms with Crippen LogP contribution < -0.4 is 24.8 Å². The number of allylic oxidation sites excluding steroid dienone is 4. The van der Waals surface area contributed by atoms with Gasteiger partial charge in [0.05, 0.1) is 0 Å². The maximum Gasteiger partial charge on any atom is -1.00 e. The number of fused-ring (bicyclic) bond motifs is 4. The standard InChI is InChI=1S/C17H17.C12H10.C10H15.2ClH.Zr/c1-10-5-14-9-15-6-11(2)13(4)8-17(15)16(14)7-12(10)3;1-2-10-7-8-11-5-3-4-6-12(11)9-10;1-8-5-6-9(7-8)10(2,3)4;;;/h5-9H,1-4H3;3-9H,1H3;6-8H,1-4H3;2*1H;/q;;;;;+2/p-2. The van der Waals surface area contributed by atoms with E-state index in [0.717, 1.165) is 0 Å². The topological polar surface area (TPSA) is 0 Å². The van der Waals surface area contributed by atoms with Crippen molar-refractivity contribution < 1.29 is 46.1 Å². The van der Waals surface area contributed by atoms with Crippen LogP contribution in [0.25, 0.3) is 21.9 Å². The van der Waals surface area contributed by atoms with E-state index in [0.29, 0.717) is 9.54 Å². The van der Waals surface area contributed by atoms with Gasteiger partial charge in [0.1, 0.15) is 0 Å². The molecular weight excluding hydrogens is 631 g/mol. The second-order valence-corrected chi connectivity index (χ2v) is 20.1. The zero-order valence-electron chi connectivity index (χ0n) is 26.4. The maximum atomic E-state index is 2.64. The van der Waals surface area contributed by atoms with Crippen LogP contribution in [0.4, 0.5) is 0 Å². The summed E-state index contributed by atoms with van der Waals surface area (Å²) in [6, 6.07) is 26.1.